The highest BCUT2D eigenvalue weighted by Gasteiger charge is 2.21. The van der Waals surface area contributed by atoms with Crippen molar-refractivity contribution in [3.05, 3.63) is 64.7 Å². The number of hydrogen-bond acceptors (Lipinski definition) is 1. The van der Waals surface area contributed by atoms with Crippen molar-refractivity contribution in [3.63, 3.8) is 0 Å². The first-order chi connectivity index (χ1) is 9.50. The third-order valence-electron chi connectivity index (χ3n) is 3.17. The fourth-order valence-corrected chi connectivity index (χ4v) is 2.46. The van der Waals surface area contributed by atoms with Crippen LogP contribution in [-0.2, 0) is 0 Å². The Morgan fingerprint density at radius 3 is 2.30 bits per heavy atom. The zero-order chi connectivity index (χ0) is 14.7. The molecule has 0 saturated heterocycles. The molecule has 1 amide bonds. The molecule has 0 spiro atoms. The van der Waals surface area contributed by atoms with E-state index in [1.165, 1.54) is 0 Å². The van der Waals surface area contributed by atoms with Gasteiger partial charge in [0, 0.05) is 22.3 Å². The molecule has 0 fully saturated rings. The lowest BCUT2D eigenvalue weighted by Gasteiger charge is -2.28. The van der Waals surface area contributed by atoms with Gasteiger partial charge in [0.05, 0.1) is 0 Å². The number of benzene rings is 2. The lowest BCUT2D eigenvalue weighted by Crippen LogP contribution is -2.37. The van der Waals surface area contributed by atoms with Gasteiger partial charge in [0.1, 0.15) is 0 Å². The molecule has 0 unspecified atom stereocenters. The van der Waals surface area contributed by atoms with Crippen molar-refractivity contribution in [3.8, 4) is 0 Å². The average Bonchev–Trinajstić information content (AvgIpc) is 2.42. The number of anilines is 1. The Balaban J connectivity index is 2.44. The summed E-state index contributed by atoms with van der Waals surface area (Å²) in [7, 11) is 0. The van der Waals surface area contributed by atoms with Crippen LogP contribution in [-0.4, -0.2) is 11.9 Å². The summed E-state index contributed by atoms with van der Waals surface area (Å²) < 4.78 is 0. The van der Waals surface area contributed by atoms with Crippen LogP contribution in [0.25, 0.3) is 0 Å². The molecule has 3 heteroatoms. The molecule has 0 radical (unpaired) electrons. The van der Waals surface area contributed by atoms with E-state index in [2.05, 4.69) is 0 Å². The predicted octanol–water partition coefficient (Wildman–Crippen LogP) is 4.70. The van der Waals surface area contributed by atoms with E-state index in [4.69, 9.17) is 11.6 Å². The summed E-state index contributed by atoms with van der Waals surface area (Å²) in [5.41, 5.74) is 2.59. The van der Waals surface area contributed by atoms with Gasteiger partial charge in [-0.1, -0.05) is 29.8 Å². The fourth-order valence-electron chi connectivity index (χ4n) is 2.23. The number of aryl methyl sites for hydroxylation is 1. The van der Waals surface area contributed by atoms with E-state index in [1.807, 2.05) is 69.3 Å². The quantitative estimate of drug-likeness (QED) is 0.801. The van der Waals surface area contributed by atoms with Gasteiger partial charge >= 0.3 is 0 Å². The van der Waals surface area contributed by atoms with Crippen LogP contribution in [0.5, 0.6) is 0 Å². The van der Waals surface area contributed by atoms with Gasteiger partial charge in [-0.05, 0) is 56.7 Å². The summed E-state index contributed by atoms with van der Waals surface area (Å²) in [6.07, 6.45) is 0. The number of nitrogens with zero attached hydrogens (tertiary/aromatic N) is 1. The second kappa shape index (κ2) is 6.10. The van der Waals surface area contributed by atoms with Gasteiger partial charge in [-0.25, -0.2) is 0 Å². The molecular weight excluding hydrogens is 270 g/mol. The van der Waals surface area contributed by atoms with E-state index in [-0.39, 0.29) is 11.9 Å². The second-order valence-corrected chi connectivity index (χ2v) is 5.50. The zero-order valence-corrected chi connectivity index (χ0v) is 12.7. The molecule has 0 aromatic heterocycles. The van der Waals surface area contributed by atoms with Crippen molar-refractivity contribution in [2.24, 2.45) is 0 Å². The standard InChI is InChI=1S/C17H18ClNO/c1-12(2)19(16-10-9-15(18)11-13(16)3)17(20)14-7-5-4-6-8-14/h4-12H,1-3H3. The maximum Gasteiger partial charge on any atom is 0.258 e. The van der Waals surface area contributed by atoms with Crippen LogP contribution in [0.15, 0.2) is 48.5 Å². The summed E-state index contributed by atoms with van der Waals surface area (Å²) in [4.78, 5) is 14.5. The lowest BCUT2D eigenvalue weighted by atomic mass is 10.1. The van der Waals surface area contributed by atoms with Gasteiger partial charge in [-0.15, -0.1) is 0 Å². The number of carbonyl (C=O) groups is 1. The maximum atomic E-state index is 12.7. The van der Waals surface area contributed by atoms with Gasteiger partial charge in [0.15, 0.2) is 0 Å². The molecule has 0 aliphatic rings. The molecule has 0 N–H and O–H groups in total. The van der Waals surface area contributed by atoms with Gasteiger partial charge in [0.2, 0.25) is 0 Å². The monoisotopic (exact) mass is 287 g/mol. The van der Waals surface area contributed by atoms with Crippen LogP contribution in [0.3, 0.4) is 0 Å². The molecule has 0 aliphatic heterocycles. The summed E-state index contributed by atoms with van der Waals surface area (Å²) in [6, 6.07) is 15.0. The van der Waals surface area contributed by atoms with Crippen LogP contribution in [0.2, 0.25) is 5.02 Å². The number of rotatable bonds is 3. The van der Waals surface area contributed by atoms with Gasteiger partial charge in [-0.2, -0.15) is 0 Å². The van der Waals surface area contributed by atoms with Crippen molar-refractivity contribution in [2.75, 3.05) is 4.90 Å². The van der Waals surface area contributed by atoms with Crippen molar-refractivity contribution >= 4 is 23.2 Å². The maximum absolute atomic E-state index is 12.7. The third kappa shape index (κ3) is 3.02. The van der Waals surface area contributed by atoms with E-state index >= 15 is 0 Å². The molecule has 0 aliphatic carbocycles. The van der Waals surface area contributed by atoms with Crippen LogP contribution < -0.4 is 4.90 Å². The first-order valence-corrected chi connectivity index (χ1v) is 7.03. The predicted molar refractivity (Wildman–Crippen MR) is 84.6 cm³/mol. The average molecular weight is 288 g/mol. The molecule has 2 rings (SSSR count). The highest BCUT2D eigenvalue weighted by Crippen LogP contribution is 2.26. The van der Waals surface area contributed by atoms with Crippen molar-refractivity contribution in [1.29, 1.82) is 0 Å². The largest absolute Gasteiger partial charge is 0.306 e. The summed E-state index contributed by atoms with van der Waals surface area (Å²) in [5.74, 6) is 0.00558. The zero-order valence-electron chi connectivity index (χ0n) is 11.9. The van der Waals surface area contributed by atoms with Crippen LogP contribution in [0, 0.1) is 6.92 Å². The van der Waals surface area contributed by atoms with Crippen LogP contribution in [0.4, 0.5) is 5.69 Å². The Morgan fingerprint density at radius 1 is 1.10 bits per heavy atom. The molecule has 0 atom stereocenters. The fraction of sp³-hybridized carbons (Fsp3) is 0.235. The number of hydrogen-bond donors (Lipinski definition) is 0. The molecule has 0 bridgehead atoms. The topological polar surface area (TPSA) is 20.3 Å². The van der Waals surface area contributed by atoms with Gasteiger partial charge in [-0.3, -0.25) is 4.79 Å². The minimum atomic E-state index is 0.00558. The molecule has 0 saturated carbocycles. The van der Waals surface area contributed by atoms with Crippen molar-refractivity contribution in [2.45, 2.75) is 26.8 Å². The first kappa shape index (κ1) is 14.6. The first-order valence-electron chi connectivity index (χ1n) is 6.65. The smallest absolute Gasteiger partial charge is 0.258 e. The summed E-state index contributed by atoms with van der Waals surface area (Å²) in [6.45, 7) is 5.98. The van der Waals surface area contributed by atoms with Crippen molar-refractivity contribution in [1.82, 2.24) is 0 Å². The Labute approximate surface area is 125 Å². The Morgan fingerprint density at radius 2 is 1.75 bits per heavy atom. The second-order valence-electron chi connectivity index (χ2n) is 5.07. The summed E-state index contributed by atoms with van der Waals surface area (Å²) >= 11 is 5.99. The SMILES string of the molecule is Cc1cc(Cl)ccc1N(C(=O)c1ccccc1)C(C)C. The highest BCUT2D eigenvalue weighted by atomic mass is 35.5. The van der Waals surface area contributed by atoms with Crippen LogP contribution in [0.1, 0.15) is 29.8 Å². The van der Waals surface area contributed by atoms with Gasteiger partial charge in [0.25, 0.3) is 5.91 Å². The Hall–Kier alpha value is -1.80. The van der Waals surface area contributed by atoms with E-state index in [9.17, 15) is 4.79 Å². The molecule has 20 heavy (non-hydrogen) atoms. The van der Waals surface area contributed by atoms with Gasteiger partial charge < -0.3 is 4.90 Å². The van der Waals surface area contributed by atoms with Crippen molar-refractivity contribution < 1.29 is 4.79 Å². The minimum absolute atomic E-state index is 0.00558. The van der Waals surface area contributed by atoms with E-state index in [0.717, 1.165) is 11.3 Å². The van der Waals surface area contributed by atoms with E-state index < -0.39 is 0 Å². The number of amides is 1. The van der Waals surface area contributed by atoms with E-state index in [0.29, 0.717) is 10.6 Å². The lowest BCUT2D eigenvalue weighted by molar-refractivity contribution is 0.0980. The molecule has 2 aromatic carbocycles. The Kier molecular flexibility index (Phi) is 4.46. The normalized spacial score (nSPS) is 10.7. The third-order valence-corrected chi connectivity index (χ3v) is 3.41. The number of carbonyl (C=O) groups excluding carboxylic acids is 1. The minimum Gasteiger partial charge on any atom is -0.306 e. The van der Waals surface area contributed by atoms with E-state index in [1.54, 1.807) is 4.90 Å². The molecule has 2 nitrogen and oxygen atoms in total. The highest BCUT2D eigenvalue weighted by molar-refractivity contribution is 6.30. The molecule has 2 aromatic rings. The molecular formula is C17H18ClNO. The van der Waals surface area contributed by atoms with Crippen LogP contribution >= 0.6 is 11.6 Å². The molecule has 104 valence electrons. The molecule has 0 heterocycles. The number of halogens is 1. The summed E-state index contributed by atoms with van der Waals surface area (Å²) in [5, 5.41) is 0.683. The Bertz CT molecular complexity index is 608.